The summed E-state index contributed by atoms with van der Waals surface area (Å²) in [4.78, 5) is 14.1. The van der Waals surface area contributed by atoms with Gasteiger partial charge in [-0.3, -0.25) is 9.78 Å². The molecule has 0 unspecified atom stereocenters. The van der Waals surface area contributed by atoms with Crippen molar-refractivity contribution in [2.24, 2.45) is 0 Å². The first-order chi connectivity index (χ1) is 6.07. The van der Waals surface area contributed by atoms with E-state index in [2.05, 4.69) is 4.98 Å². The number of nitrogens with zero attached hydrogens (tertiary/aromatic N) is 1. The van der Waals surface area contributed by atoms with E-state index in [0.29, 0.717) is 9.86 Å². The first-order valence-corrected chi connectivity index (χ1v) is 4.54. The van der Waals surface area contributed by atoms with Gasteiger partial charge in [-0.15, -0.1) is 0 Å². The molecule has 1 rings (SSSR count). The summed E-state index contributed by atoms with van der Waals surface area (Å²) in [5.41, 5.74) is 0.285. The summed E-state index contributed by atoms with van der Waals surface area (Å²) in [6.07, 6.45) is -0.936. The van der Waals surface area contributed by atoms with E-state index in [4.69, 9.17) is 0 Å². The van der Waals surface area contributed by atoms with Crippen molar-refractivity contribution in [2.75, 3.05) is 0 Å². The zero-order valence-corrected chi connectivity index (χ0v) is 8.88. The predicted octanol–water partition coefficient (Wildman–Crippen LogP) is 2.74. The Morgan fingerprint density at radius 3 is 2.69 bits per heavy atom. The van der Waals surface area contributed by atoms with Gasteiger partial charge in [0.1, 0.15) is 5.69 Å². The van der Waals surface area contributed by atoms with Crippen molar-refractivity contribution in [3.63, 3.8) is 0 Å². The van der Waals surface area contributed by atoms with E-state index in [1.54, 1.807) is 6.92 Å². The summed E-state index contributed by atoms with van der Waals surface area (Å²) in [7, 11) is 0. The van der Waals surface area contributed by atoms with E-state index in [-0.39, 0.29) is 5.56 Å². The Bertz CT molecular complexity index is 341. The quantitative estimate of drug-likeness (QED) is 0.620. The van der Waals surface area contributed by atoms with Crippen LogP contribution in [0.25, 0.3) is 0 Å². The maximum absolute atomic E-state index is 12.3. The SMILES string of the molecule is Cc1cnc(C(F)F)c(C=O)c1I. The van der Waals surface area contributed by atoms with Crippen molar-refractivity contribution in [3.05, 3.63) is 26.6 Å². The Morgan fingerprint density at radius 1 is 1.62 bits per heavy atom. The first kappa shape index (κ1) is 10.5. The van der Waals surface area contributed by atoms with Gasteiger partial charge in [0.2, 0.25) is 0 Å². The van der Waals surface area contributed by atoms with Crippen LogP contribution < -0.4 is 0 Å². The molecule has 0 spiro atoms. The van der Waals surface area contributed by atoms with Gasteiger partial charge < -0.3 is 0 Å². The fourth-order valence-corrected chi connectivity index (χ4v) is 1.45. The van der Waals surface area contributed by atoms with Crippen LogP contribution in [0.4, 0.5) is 8.78 Å². The van der Waals surface area contributed by atoms with Gasteiger partial charge in [0.05, 0.1) is 5.56 Å². The number of pyridine rings is 1. The van der Waals surface area contributed by atoms with Gasteiger partial charge in [0, 0.05) is 9.77 Å². The molecule has 0 radical (unpaired) electrons. The fraction of sp³-hybridized carbons (Fsp3) is 0.250. The predicted molar refractivity (Wildman–Crippen MR) is 52.0 cm³/mol. The van der Waals surface area contributed by atoms with Crippen LogP contribution in [0, 0.1) is 10.5 Å². The van der Waals surface area contributed by atoms with Crippen molar-refractivity contribution < 1.29 is 13.6 Å². The highest BCUT2D eigenvalue weighted by Gasteiger charge is 2.17. The maximum atomic E-state index is 12.3. The Hall–Kier alpha value is -0.590. The maximum Gasteiger partial charge on any atom is 0.281 e. The second kappa shape index (κ2) is 4.08. The Balaban J connectivity index is 3.38. The zero-order chi connectivity index (χ0) is 10.0. The lowest BCUT2D eigenvalue weighted by Crippen LogP contribution is -2.02. The third kappa shape index (κ3) is 2.01. The van der Waals surface area contributed by atoms with Crippen LogP contribution in [-0.4, -0.2) is 11.3 Å². The number of aromatic nitrogens is 1. The smallest absolute Gasteiger partial charge is 0.281 e. The van der Waals surface area contributed by atoms with Gasteiger partial charge >= 0.3 is 0 Å². The second-order valence-electron chi connectivity index (χ2n) is 2.47. The summed E-state index contributed by atoms with van der Waals surface area (Å²) < 4.78 is 25.1. The second-order valence-corrected chi connectivity index (χ2v) is 3.55. The van der Waals surface area contributed by atoms with Crippen LogP contribution in [0.5, 0.6) is 0 Å². The van der Waals surface area contributed by atoms with Gasteiger partial charge in [-0.2, -0.15) is 0 Å². The highest BCUT2D eigenvalue weighted by molar-refractivity contribution is 14.1. The largest absolute Gasteiger partial charge is 0.298 e. The number of aryl methyl sites for hydroxylation is 1. The van der Waals surface area contributed by atoms with Gasteiger partial charge in [-0.05, 0) is 35.1 Å². The molecular formula is C8H6F2INO. The number of hydrogen-bond acceptors (Lipinski definition) is 2. The number of hydrogen-bond donors (Lipinski definition) is 0. The molecule has 0 fully saturated rings. The van der Waals surface area contributed by atoms with E-state index >= 15 is 0 Å². The van der Waals surface area contributed by atoms with E-state index < -0.39 is 12.1 Å². The molecule has 2 nitrogen and oxygen atoms in total. The number of halogens is 3. The minimum atomic E-state index is -2.70. The number of carbonyl (C=O) groups is 1. The highest BCUT2D eigenvalue weighted by atomic mass is 127. The molecule has 5 heteroatoms. The average Bonchev–Trinajstić information content (AvgIpc) is 2.09. The van der Waals surface area contributed by atoms with Crippen molar-refractivity contribution in [1.29, 1.82) is 0 Å². The summed E-state index contributed by atoms with van der Waals surface area (Å²) in [5, 5.41) is 0. The molecule has 0 aromatic carbocycles. The minimum absolute atomic E-state index is 0.00407. The van der Waals surface area contributed by atoms with Crippen LogP contribution in [0.15, 0.2) is 6.20 Å². The van der Waals surface area contributed by atoms with Gasteiger partial charge in [0.25, 0.3) is 6.43 Å². The molecule has 0 atom stereocenters. The first-order valence-electron chi connectivity index (χ1n) is 3.46. The molecule has 0 bridgehead atoms. The van der Waals surface area contributed by atoms with Gasteiger partial charge in [0.15, 0.2) is 6.29 Å². The highest BCUT2D eigenvalue weighted by Crippen LogP contribution is 2.24. The molecular weight excluding hydrogens is 291 g/mol. The number of rotatable bonds is 2. The lowest BCUT2D eigenvalue weighted by molar-refractivity contribution is 0.110. The molecule has 0 amide bonds. The number of carbonyl (C=O) groups excluding carboxylic acids is 1. The number of aldehydes is 1. The van der Waals surface area contributed by atoms with Crippen molar-refractivity contribution in [1.82, 2.24) is 4.98 Å². The van der Waals surface area contributed by atoms with E-state index in [1.807, 2.05) is 22.6 Å². The molecule has 0 N–H and O–H groups in total. The fourth-order valence-electron chi connectivity index (χ4n) is 0.903. The number of alkyl halides is 2. The summed E-state index contributed by atoms with van der Waals surface area (Å²) in [5.74, 6) is 0. The topological polar surface area (TPSA) is 30.0 Å². The van der Waals surface area contributed by atoms with Crippen LogP contribution in [0.2, 0.25) is 0 Å². The molecule has 0 saturated carbocycles. The summed E-state index contributed by atoms with van der Waals surface area (Å²) in [6.45, 7) is 1.72. The monoisotopic (exact) mass is 297 g/mol. The Morgan fingerprint density at radius 2 is 2.23 bits per heavy atom. The van der Waals surface area contributed by atoms with E-state index in [9.17, 15) is 13.6 Å². The lowest BCUT2D eigenvalue weighted by Gasteiger charge is -2.06. The molecule has 0 saturated heterocycles. The van der Waals surface area contributed by atoms with Crippen LogP contribution >= 0.6 is 22.6 Å². The van der Waals surface area contributed by atoms with Crippen LogP contribution in [0.1, 0.15) is 28.0 Å². The molecule has 1 aromatic rings. The van der Waals surface area contributed by atoms with Gasteiger partial charge in [-0.1, -0.05) is 0 Å². The molecule has 0 aliphatic heterocycles. The van der Waals surface area contributed by atoms with Crippen molar-refractivity contribution >= 4 is 28.9 Å². The van der Waals surface area contributed by atoms with E-state index in [0.717, 1.165) is 5.56 Å². The molecule has 1 heterocycles. The standard InChI is InChI=1S/C8H6F2INO/c1-4-2-12-7(8(9)10)5(3-13)6(4)11/h2-3,8H,1H3. The summed E-state index contributed by atoms with van der Waals surface area (Å²) in [6, 6.07) is 0. The van der Waals surface area contributed by atoms with Gasteiger partial charge in [-0.25, -0.2) is 8.78 Å². The third-order valence-corrected chi connectivity index (χ3v) is 3.01. The van der Waals surface area contributed by atoms with Crippen LogP contribution in [-0.2, 0) is 0 Å². The van der Waals surface area contributed by atoms with Crippen LogP contribution in [0.3, 0.4) is 0 Å². The zero-order valence-electron chi connectivity index (χ0n) is 6.72. The summed E-state index contributed by atoms with van der Waals surface area (Å²) >= 11 is 1.86. The molecule has 1 aromatic heterocycles. The normalized spacial score (nSPS) is 10.5. The van der Waals surface area contributed by atoms with E-state index in [1.165, 1.54) is 6.20 Å². The van der Waals surface area contributed by atoms with Crippen molar-refractivity contribution in [2.45, 2.75) is 13.3 Å². The molecule has 0 aliphatic carbocycles. The third-order valence-electron chi connectivity index (χ3n) is 1.58. The molecule has 70 valence electrons. The lowest BCUT2D eigenvalue weighted by atomic mass is 10.1. The minimum Gasteiger partial charge on any atom is -0.298 e. The molecule has 0 aliphatic rings. The Labute approximate surface area is 87.5 Å². The van der Waals surface area contributed by atoms with Crippen molar-refractivity contribution in [3.8, 4) is 0 Å². The Kier molecular flexibility index (Phi) is 3.29. The molecule has 13 heavy (non-hydrogen) atoms. The average molecular weight is 297 g/mol.